The maximum absolute atomic E-state index is 12.8. The first-order valence-electron chi connectivity index (χ1n) is 39.5. The topological polar surface area (TPSA) is 134 Å². The van der Waals surface area contributed by atoms with Gasteiger partial charge in [-0.2, -0.15) is 0 Å². The number of hydrogen-bond acceptors (Lipinski definition) is 8. The Bertz CT molecular complexity index is 2760. The van der Waals surface area contributed by atoms with Crippen LogP contribution in [0, 0.1) is 0 Å². The highest BCUT2D eigenvalue weighted by molar-refractivity contribution is 7.47. The third-order valence-corrected chi connectivity index (χ3v) is 16.3. The number of ether oxygens (including phenoxy) is 2. The smallest absolute Gasteiger partial charge is 0.462 e. The molecule has 0 rings (SSSR count). The molecule has 0 aliphatic heterocycles. The molecular formula is C93H140NO8P. The lowest BCUT2D eigenvalue weighted by molar-refractivity contribution is -0.161. The molecule has 0 aliphatic rings. The Kier molecular flexibility index (Phi) is 78.3. The van der Waals surface area contributed by atoms with E-state index < -0.39 is 32.5 Å². The first kappa shape index (κ1) is 96.0. The van der Waals surface area contributed by atoms with Crippen LogP contribution in [0.2, 0.25) is 0 Å². The molecule has 103 heavy (non-hydrogen) atoms. The van der Waals surface area contributed by atoms with Gasteiger partial charge < -0.3 is 20.1 Å². The van der Waals surface area contributed by atoms with Crippen LogP contribution < -0.4 is 5.73 Å². The highest BCUT2D eigenvalue weighted by Crippen LogP contribution is 2.43. The van der Waals surface area contributed by atoms with Gasteiger partial charge in [-0.1, -0.05) is 338 Å². The van der Waals surface area contributed by atoms with Gasteiger partial charge in [0.05, 0.1) is 13.2 Å². The summed E-state index contributed by atoms with van der Waals surface area (Å²) in [6.45, 7) is 3.44. The van der Waals surface area contributed by atoms with Crippen molar-refractivity contribution in [3.05, 3.63) is 279 Å². The summed E-state index contributed by atoms with van der Waals surface area (Å²) in [7, 11) is -4.43. The summed E-state index contributed by atoms with van der Waals surface area (Å²) in [6.07, 6.45) is 137. The number of carbonyl (C=O) groups is 2. The molecule has 2 atom stereocenters. The Balaban J connectivity index is 4.06. The first-order chi connectivity index (χ1) is 50.8. The molecule has 2 unspecified atom stereocenters. The molecule has 0 radical (unpaired) electrons. The number of phosphoric ester groups is 1. The second-order valence-corrected chi connectivity index (χ2v) is 26.2. The molecular weight excluding hydrogens is 1290 g/mol. The summed E-state index contributed by atoms with van der Waals surface area (Å²) >= 11 is 0. The highest BCUT2D eigenvalue weighted by atomic mass is 31.2. The molecule has 0 heterocycles. The van der Waals surface area contributed by atoms with E-state index in [1.54, 1.807) is 0 Å². The van der Waals surface area contributed by atoms with Crippen molar-refractivity contribution in [2.45, 2.75) is 264 Å². The lowest BCUT2D eigenvalue weighted by Gasteiger charge is -2.19. The quantitative estimate of drug-likeness (QED) is 0.0264. The van der Waals surface area contributed by atoms with Crippen molar-refractivity contribution in [3.63, 3.8) is 0 Å². The SMILES string of the molecule is CC/C=C\C/C=C\C/C=C\C/C=C\C/C=C\C/C=C\C/C=C\C/C=C\C/C=C\C/C=C\C/C=C\C/C=C\CCCCCCC(=O)OC(COC(=O)CCCCCCCCC/C=C\C/C=C\C/C=C\C/C=C\C/C=C\C/C=C\C/C=C\C/C=C\C/C=C\C/C=C\C/C=C\CC)COP(=O)(O)OCCN. The van der Waals surface area contributed by atoms with Crippen LogP contribution in [0.3, 0.4) is 0 Å². The molecule has 570 valence electrons. The van der Waals surface area contributed by atoms with Gasteiger partial charge in [0, 0.05) is 19.4 Å². The molecule has 10 heteroatoms. The molecule has 9 nitrogen and oxygen atoms in total. The van der Waals surface area contributed by atoms with Gasteiger partial charge in [0.15, 0.2) is 6.10 Å². The van der Waals surface area contributed by atoms with Crippen LogP contribution in [0.5, 0.6) is 0 Å². The minimum Gasteiger partial charge on any atom is -0.462 e. The summed E-state index contributed by atoms with van der Waals surface area (Å²) in [5.74, 6) is -0.892. The van der Waals surface area contributed by atoms with E-state index in [0.717, 1.165) is 199 Å². The molecule has 3 N–H and O–H groups in total. The third-order valence-electron chi connectivity index (χ3n) is 15.3. The van der Waals surface area contributed by atoms with Crippen LogP contribution >= 0.6 is 7.82 Å². The van der Waals surface area contributed by atoms with Crippen LogP contribution in [0.1, 0.15) is 258 Å². The van der Waals surface area contributed by atoms with Crippen molar-refractivity contribution in [1.29, 1.82) is 0 Å². The summed E-state index contributed by atoms with van der Waals surface area (Å²) in [4.78, 5) is 35.4. The van der Waals surface area contributed by atoms with Gasteiger partial charge in [0.25, 0.3) is 0 Å². The molecule has 0 aromatic rings. The normalized spacial score (nSPS) is 14.4. The van der Waals surface area contributed by atoms with E-state index in [1.807, 2.05) is 0 Å². The van der Waals surface area contributed by atoms with Gasteiger partial charge in [0.1, 0.15) is 6.61 Å². The number of hydrogen-bond donors (Lipinski definition) is 2. The van der Waals surface area contributed by atoms with Gasteiger partial charge in [-0.15, -0.1) is 0 Å². The number of esters is 2. The molecule has 0 saturated heterocycles. The molecule has 0 bridgehead atoms. The molecule has 0 saturated carbocycles. The van der Waals surface area contributed by atoms with Crippen molar-refractivity contribution >= 4 is 19.8 Å². The van der Waals surface area contributed by atoms with Crippen LogP contribution in [0.15, 0.2) is 279 Å². The van der Waals surface area contributed by atoms with Crippen LogP contribution in [0.4, 0.5) is 0 Å². The third kappa shape index (κ3) is 83.9. The zero-order chi connectivity index (χ0) is 74.3. The highest BCUT2D eigenvalue weighted by Gasteiger charge is 2.26. The zero-order valence-electron chi connectivity index (χ0n) is 64.2. The van der Waals surface area contributed by atoms with Crippen LogP contribution in [0.25, 0.3) is 0 Å². The molecule has 0 aromatic carbocycles. The van der Waals surface area contributed by atoms with E-state index in [0.29, 0.717) is 12.8 Å². The predicted octanol–water partition coefficient (Wildman–Crippen LogP) is 27.2. The monoisotopic (exact) mass is 1430 g/mol. The predicted molar refractivity (Wildman–Crippen MR) is 449 cm³/mol. The average Bonchev–Trinajstić information content (AvgIpc) is 0.970. The molecule has 0 aliphatic carbocycles. The fraction of sp³-hybridized carbons (Fsp3) is 0.484. The van der Waals surface area contributed by atoms with E-state index in [2.05, 4.69) is 293 Å². The van der Waals surface area contributed by atoms with Crippen LogP contribution in [-0.2, 0) is 32.7 Å². The number of rotatable bonds is 70. The number of phosphoric acid groups is 1. The van der Waals surface area contributed by atoms with E-state index >= 15 is 0 Å². The lowest BCUT2D eigenvalue weighted by atomic mass is 10.1. The summed E-state index contributed by atoms with van der Waals surface area (Å²) < 4.78 is 33.2. The van der Waals surface area contributed by atoms with Gasteiger partial charge in [0.2, 0.25) is 0 Å². The van der Waals surface area contributed by atoms with Gasteiger partial charge in [-0.05, 0) is 186 Å². The van der Waals surface area contributed by atoms with E-state index in [1.165, 1.54) is 19.3 Å². The first-order valence-corrected chi connectivity index (χ1v) is 41.0. The fourth-order valence-corrected chi connectivity index (χ4v) is 10.3. The van der Waals surface area contributed by atoms with Gasteiger partial charge in [-0.25, -0.2) is 4.57 Å². The average molecular weight is 1430 g/mol. The Morgan fingerprint density at radius 2 is 0.505 bits per heavy atom. The van der Waals surface area contributed by atoms with E-state index in [-0.39, 0.29) is 32.6 Å². The number of carbonyl (C=O) groups excluding carboxylic acids is 2. The maximum atomic E-state index is 12.8. The minimum absolute atomic E-state index is 0.0323. The van der Waals surface area contributed by atoms with Gasteiger partial charge in [-0.3, -0.25) is 18.6 Å². The number of nitrogens with two attached hydrogens (primary N) is 1. The van der Waals surface area contributed by atoms with E-state index in [4.69, 9.17) is 24.3 Å². The van der Waals surface area contributed by atoms with Crippen LogP contribution in [-0.4, -0.2) is 49.3 Å². The van der Waals surface area contributed by atoms with Crippen molar-refractivity contribution in [2.24, 2.45) is 5.73 Å². The zero-order valence-corrected chi connectivity index (χ0v) is 65.1. The largest absolute Gasteiger partial charge is 0.472 e. The second-order valence-electron chi connectivity index (χ2n) is 24.8. The number of allylic oxidation sites excluding steroid dienone is 46. The Hall–Kier alpha value is -6.97. The van der Waals surface area contributed by atoms with Crippen molar-refractivity contribution in [1.82, 2.24) is 0 Å². The Labute approximate surface area is 629 Å². The van der Waals surface area contributed by atoms with Gasteiger partial charge >= 0.3 is 19.8 Å². The maximum Gasteiger partial charge on any atom is 0.472 e. The molecule has 0 aromatic heterocycles. The summed E-state index contributed by atoms with van der Waals surface area (Å²) in [5.41, 5.74) is 5.41. The van der Waals surface area contributed by atoms with Crippen molar-refractivity contribution in [3.8, 4) is 0 Å². The second kappa shape index (κ2) is 84.0. The van der Waals surface area contributed by atoms with E-state index in [9.17, 15) is 19.0 Å². The molecule has 0 fully saturated rings. The number of unbranched alkanes of at least 4 members (excludes halogenated alkanes) is 11. The Morgan fingerprint density at radius 3 is 0.748 bits per heavy atom. The molecule has 0 amide bonds. The Morgan fingerprint density at radius 1 is 0.291 bits per heavy atom. The fourth-order valence-electron chi connectivity index (χ4n) is 9.56. The molecule has 0 spiro atoms. The van der Waals surface area contributed by atoms with Crippen molar-refractivity contribution in [2.75, 3.05) is 26.4 Å². The summed E-state index contributed by atoms with van der Waals surface area (Å²) in [6, 6.07) is 0. The summed E-state index contributed by atoms with van der Waals surface area (Å²) in [5, 5.41) is 0. The standard InChI is InChI=1S/C93H140NO8P/c1-3-5-7-9-11-13-15-17-19-21-23-25-27-29-31-33-35-37-39-41-43-45-47-49-51-53-55-57-59-61-63-65-67-69-71-73-75-77-79-81-83-85-92(95)99-89-91(90-101-103(97,98)100-88-87-94)102-93(96)86-84-82-80-78-76-74-72-70-68-66-64-62-60-58-56-54-52-50-48-46-44-42-40-38-36-34-32-30-28-26-24-22-20-18-16-14-12-10-8-6-4-2/h5-8,11-14,17-20,23-26,29-32,35-38,41-44,47-50,53-56,59-62,65-68,72,74,91H,3-4,9-10,15-16,21-22,27-28,33-34,39-40,45-46,51-52,57-58,63-64,69-71,73,75-90,94H2,1-2H3,(H,97,98)/b7-5-,8-6-,13-11-,14-12-,19-17-,20-18-,25-23-,26-24-,31-29-,32-30-,37-35-,38-36-,43-41-,44-42-,49-47-,50-48-,55-53-,56-54-,61-59-,62-60-,67-65-,68-66-,74-72-. The minimum atomic E-state index is -4.43. The lowest BCUT2D eigenvalue weighted by Crippen LogP contribution is -2.29. The van der Waals surface area contributed by atoms with Crippen molar-refractivity contribution < 1.29 is 37.6 Å².